The highest BCUT2D eigenvalue weighted by atomic mass is 32.1. The molecule has 0 spiro atoms. The predicted octanol–water partition coefficient (Wildman–Crippen LogP) is 7.99. The lowest BCUT2D eigenvalue weighted by atomic mass is 9.33. The maximum absolute atomic E-state index is 14.0. The molecule has 3 N–H and O–H groups in total. The molecule has 9 heteroatoms. The number of hydrogen-bond donors (Lipinski definition) is 3. The van der Waals surface area contributed by atoms with Crippen molar-refractivity contribution in [2.75, 3.05) is 6.54 Å². The summed E-state index contributed by atoms with van der Waals surface area (Å²) < 4.78 is 6.16. The Morgan fingerprint density at radius 1 is 1.02 bits per heavy atom. The van der Waals surface area contributed by atoms with Gasteiger partial charge in [-0.1, -0.05) is 54.0 Å². The van der Waals surface area contributed by atoms with Crippen molar-refractivity contribution in [3.8, 4) is 0 Å². The molecule has 9 atom stereocenters. The molecule has 0 aromatic carbocycles. The second-order valence-electron chi connectivity index (χ2n) is 19.2. The van der Waals surface area contributed by atoms with E-state index >= 15 is 0 Å². The molecular formula is C41H62N2O6S. The van der Waals surface area contributed by atoms with E-state index in [2.05, 4.69) is 58.8 Å². The van der Waals surface area contributed by atoms with Crippen LogP contribution in [0.5, 0.6) is 0 Å². The van der Waals surface area contributed by atoms with Gasteiger partial charge < -0.3 is 20.3 Å². The molecule has 5 aliphatic rings. The number of ether oxygens (including phenoxy) is 1. The van der Waals surface area contributed by atoms with E-state index in [1.165, 1.54) is 5.57 Å². The standard InChI is InChI=1S/C41H62N2O6S/c1-24(2)33-27(44)18-41(30(45)21-42-20-25-22-50-23-43-25)17-16-39(8)26(34(33)41)10-11-29-38(7)14-13-31(49-32(46)19-36(3,4)35(47)48)37(5,6)28(38)12-15-40(29,39)9/h22-24,26,28-31,42,45H,10-21H2,1-9H3,(H,47,48)/t26-,28-,29-,30?,31+,38+,39-,40-,41?/m1/s1. The number of ketones is 1. The number of hydrogen-bond acceptors (Lipinski definition) is 8. The molecule has 1 aromatic rings. The Bertz CT molecular complexity index is 1530. The van der Waals surface area contributed by atoms with Gasteiger partial charge in [-0.05, 0) is 111 Å². The Hall–Kier alpha value is -2.10. The van der Waals surface area contributed by atoms with Crippen LogP contribution in [-0.2, 0) is 25.7 Å². The molecule has 2 unspecified atom stereocenters. The van der Waals surface area contributed by atoms with Gasteiger partial charge in [-0.15, -0.1) is 11.3 Å². The van der Waals surface area contributed by atoms with Crippen LogP contribution < -0.4 is 5.32 Å². The average Bonchev–Trinajstić information content (AvgIpc) is 3.64. The molecule has 1 heterocycles. The summed E-state index contributed by atoms with van der Waals surface area (Å²) in [6.45, 7) is 20.7. The van der Waals surface area contributed by atoms with Gasteiger partial charge in [0.05, 0.1) is 29.1 Å². The summed E-state index contributed by atoms with van der Waals surface area (Å²) in [5.74, 6) is 0.0829. The van der Waals surface area contributed by atoms with E-state index in [0.29, 0.717) is 31.3 Å². The summed E-state index contributed by atoms with van der Waals surface area (Å²) in [5.41, 5.74) is 3.31. The quantitative estimate of drug-likeness (QED) is 0.209. The summed E-state index contributed by atoms with van der Waals surface area (Å²) in [5, 5.41) is 27.1. The number of aliphatic hydroxyl groups excluding tert-OH is 1. The summed E-state index contributed by atoms with van der Waals surface area (Å²) in [6, 6.07) is 0. The maximum atomic E-state index is 14.0. The van der Waals surface area contributed by atoms with E-state index in [4.69, 9.17) is 4.74 Å². The van der Waals surface area contributed by atoms with Gasteiger partial charge in [0.2, 0.25) is 0 Å². The van der Waals surface area contributed by atoms with Crippen LogP contribution in [0.2, 0.25) is 0 Å². The number of nitrogens with one attached hydrogen (secondary N) is 1. The molecule has 1 aromatic heterocycles. The first kappa shape index (κ1) is 37.7. The number of fused-ring (bicyclic) bond motifs is 7. The minimum atomic E-state index is -1.16. The van der Waals surface area contributed by atoms with Crippen LogP contribution in [0.25, 0.3) is 0 Å². The van der Waals surface area contributed by atoms with Gasteiger partial charge in [0, 0.05) is 35.7 Å². The van der Waals surface area contributed by atoms with Crippen molar-refractivity contribution in [1.29, 1.82) is 0 Å². The van der Waals surface area contributed by atoms with E-state index in [1.54, 1.807) is 25.2 Å². The lowest BCUT2D eigenvalue weighted by Crippen LogP contribution is -2.66. The fourth-order valence-electron chi connectivity index (χ4n) is 12.8. The van der Waals surface area contributed by atoms with Crippen LogP contribution in [-0.4, -0.2) is 51.7 Å². The number of carboxylic acids is 1. The highest BCUT2D eigenvalue weighted by molar-refractivity contribution is 7.07. The molecule has 0 radical (unpaired) electrons. The Balaban J connectivity index is 1.27. The number of thiazole rings is 1. The number of Topliss-reactive ketones (excluding diaryl/α,β-unsaturated/α-hetero) is 1. The van der Waals surface area contributed by atoms with Crippen LogP contribution in [0, 0.1) is 56.2 Å². The van der Waals surface area contributed by atoms with Crippen LogP contribution in [0.4, 0.5) is 0 Å². The van der Waals surface area contributed by atoms with E-state index in [9.17, 15) is 24.6 Å². The highest BCUT2D eigenvalue weighted by Crippen LogP contribution is 2.77. The zero-order chi connectivity index (χ0) is 36.7. The van der Waals surface area contributed by atoms with Crippen molar-refractivity contribution in [2.45, 2.75) is 145 Å². The molecule has 4 fully saturated rings. The molecule has 0 amide bonds. The number of rotatable bonds is 10. The topological polar surface area (TPSA) is 126 Å². The minimum Gasteiger partial charge on any atom is -0.481 e. The van der Waals surface area contributed by atoms with E-state index in [1.807, 2.05) is 10.9 Å². The number of aliphatic hydroxyl groups is 1. The van der Waals surface area contributed by atoms with Gasteiger partial charge in [0.15, 0.2) is 5.78 Å². The van der Waals surface area contributed by atoms with Crippen molar-refractivity contribution >= 4 is 29.1 Å². The van der Waals surface area contributed by atoms with Gasteiger partial charge in [-0.2, -0.15) is 0 Å². The van der Waals surface area contributed by atoms with Gasteiger partial charge in [-0.3, -0.25) is 14.4 Å². The highest BCUT2D eigenvalue weighted by Gasteiger charge is 2.70. The first-order chi connectivity index (χ1) is 23.2. The maximum Gasteiger partial charge on any atom is 0.309 e. The number of carbonyl (C=O) groups excluding carboxylic acids is 2. The van der Waals surface area contributed by atoms with Gasteiger partial charge in [-0.25, -0.2) is 4.98 Å². The Morgan fingerprint density at radius 3 is 2.38 bits per heavy atom. The number of carboxylic acid groups (broad SMARTS) is 1. The summed E-state index contributed by atoms with van der Waals surface area (Å²) in [4.78, 5) is 43.1. The first-order valence-corrected chi connectivity index (χ1v) is 20.2. The normalized spacial score (nSPS) is 38.6. The van der Waals surface area contributed by atoms with Gasteiger partial charge in [0.25, 0.3) is 0 Å². The number of esters is 1. The fourth-order valence-corrected chi connectivity index (χ4v) is 13.3. The molecule has 6 rings (SSSR count). The second-order valence-corrected chi connectivity index (χ2v) is 19.9. The van der Waals surface area contributed by atoms with Gasteiger partial charge >= 0.3 is 11.9 Å². The van der Waals surface area contributed by atoms with Crippen molar-refractivity contribution in [3.05, 3.63) is 27.7 Å². The molecule has 278 valence electrons. The summed E-state index contributed by atoms with van der Waals surface area (Å²) in [7, 11) is 0. The first-order valence-electron chi connectivity index (χ1n) is 19.2. The molecule has 0 bridgehead atoms. The van der Waals surface area contributed by atoms with Crippen LogP contribution >= 0.6 is 11.3 Å². The van der Waals surface area contributed by atoms with E-state index < -0.39 is 28.9 Å². The van der Waals surface area contributed by atoms with E-state index in [0.717, 1.165) is 62.6 Å². The summed E-state index contributed by atoms with van der Waals surface area (Å²) in [6.07, 6.45) is 7.26. The SMILES string of the molecule is CC(C)C1=C2[C@H]3CC[C@@H]4[C@@]5(C)CC[C@H](OC(=O)CC(C)(C)C(=O)O)C(C)(C)[C@H]5CC[C@@]4(C)[C@]3(C)CCC2(C(O)CNCc2cscn2)CC1=O. The molecule has 0 aliphatic heterocycles. The third-order valence-corrected chi connectivity index (χ3v) is 16.3. The number of aliphatic carboxylic acids is 1. The van der Waals surface area contributed by atoms with Crippen molar-refractivity contribution in [2.24, 2.45) is 56.2 Å². The molecule has 0 saturated heterocycles. The van der Waals surface area contributed by atoms with Crippen LogP contribution in [0.1, 0.15) is 132 Å². The van der Waals surface area contributed by atoms with E-state index in [-0.39, 0.29) is 51.8 Å². The lowest BCUT2D eigenvalue weighted by Gasteiger charge is -2.72. The van der Waals surface area contributed by atoms with Gasteiger partial charge in [0.1, 0.15) is 6.10 Å². The van der Waals surface area contributed by atoms with Crippen molar-refractivity contribution < 1.29 is 29.3 Å². The molecular weight excluding hydrogens is 649 g/mol. The van der Waals surface area contributed by atoms with Crippen LogP contribution in [0.3, 0.4) is 0 Å². The number of carbonyl (C=O) groups is 3. The zero-order valence-corrected chi connectivity index (χ0v) is 32.8. The third kappa shape index (κ3) is 5.66. The number of allylic oxidation sites excluding steroid dienone is 1. The summed E-state index contributed by atoms with van der Waals surface area (Å²) >= 11 is 1.57. The Kier molecular flexibility index (Phi) is 9.63. The smallest absolute Gasteiger partial charge is 0.309 e. The third-order valence-electron chi connectivity index (χ3n) is 15.6. The molecule has 5 aliphatic carbocycles. The largest absolute Gasteiger partial charge is 0.481 e. The van der Waals surface area contributed by atoms with Crippen molar-refractivity contribution in [1.82, 2.24) is 10.3 Å². The molecule has 50 heavy (non-hydrogen) atoms. The fraction of sp³-hybridized carbons (Fsp3) is 0.805. The van der Waals surface area contributed by atoms with Crippen molar-refractivity contribution in [3.63, 3.8) is 0 Å². The average molecular weight is 711 g/mol. The molecule has 8 nitrogen and oxygen atoms in total. The predicted molar refractivity (Wildman–Crippen MR) is 195 cm³/mol. The Morgan fingerprint density at radius 2 is 1.74 bits per heavy atom. The lowest BCUT2D eigenvalue weighted by molar-refractivity contribution is -0.235. The number of nitrogens with zero attached hydrogens (tertiary/aromatic N) is 1. The minimum absolute atomic E-state index is 0.00287. The zero-order valence-electron chi connectivity index (χ0n) is 32.0. The van der Waals surface area contributed by atoms with Crippen LogP contribution in [0.15, 0.2) is 22.0 Å². The Labute approximate surface area is 303 Å². The second kappa shape index (κ2) is 12.8. The number of aromatic nitrogens is 1. The molecule has 4 saturated carbocycles. The monoisotopic (exact) mass is 710 g/mol.